The minimum atomic E-state index is -0.188. The van der Waals surface area contributed by atoms with Crippen LogP contribution in [0.25, 0.3) is 0 Å². The third-order valence-electron chi connectivity index (χ3n) is 3.70. The average Bonchev–Trinajstić information content (AvgIpc) is 2.88. The number of halogens is 1. The van der Waals surface area contributed by atoms with Crippen LogP contribution >= 0.6 is 11.3 Å². The van der Waals surface area contributed by atoms with E-state index in [1.165, 1.54) is 29.5 Å². The molecule has 2 nitrogen and oxygen atoms in total. The molecule has 1 aliphatic rings. The van der Waals surface area contributed by atoms with Gasteiger partial charge < -0.3 is 5.32 Å². The van der Waals surface area contributed by atoms with Crippen molar-refractivity contribution in [3.05, 3.63) is 51.2 Å². The SMILES string of the molecule is CCNC(c1cccc(F)c1)c1nc2c(s1)CCCC2. The van der Waals surface area contributed by atoms with Crippen molar-refractivity contribution in [3.63, 3.8) is 0 Å². The molecule has 0 amide bonds. The minimum Gasteiger partial charge on any atom is -0.305 e. The van der Waals surface area contributed by atoms with E-state index in [0.717, 1.165) is 30.0 Å². The van der Waals surface area contributed by atoms with E-state index < -0.39 is 0 Å². The van der Waals surface area contributed by atoms with Crippen LogP contribution in [-0.2, 0) is 12.8 Å². The van der Waals surface area contributed by atoms with E-state index in [4.69, 9.17) is 4.98 Å². The van der Waals surface area contributed by atoms with Crippen molar-refractivity contribution in [2.45, 2.75) is 38.6 Å². The van der Waals surface area contributed by atoms with Crippen LogP contribution in [0.2, 0.25) is 0 Å². The summed E-state index contributed by atoms with van der Waals surface area (Å²) in [6.07, 6.45) is 4.74. The molecule has 4 heteroatoms. The first kappa shape index (κ1) is 13.7. The van der Waals surface area contributed by atoms with Gasteiger partial charge in [0.15, 0.2) is 0 Å². The fraction of sp³-hybridized carbons (Fsp3) is 0.438. The Bertz CT molecular complexity index is 570. The van der Waals surface area contributed by atoms with Gasteiger partial charge in [-0.15, -0.1) is 11.3 Å². The van der Waals surface area contributed by atoms with E-state index in [1.54, 1.807) is 23.5 Å². The number of aryl methyl sites for hydroxylation is 2. The smallest absolute Gasteiger partial charge is 0.123 e. The Labute approximate surface area is 123 Å². The summed E-state index contributed by atoms with van der Waals surface area (Å²) in [6.45, 7) is 2.91. The Morgan fingerprint density at radius 3 is 2.95 bits per heavy atom. The summed E-state index contributed by atoms with van der Waals surface area (Å²) in [5.74, 6) is -0.188. The van der Waals surface area contributed by atoms with Gasteiger partial charge in [0.25, 0.3) is 0 Å². The molecule has 106 valence electrons. The third-order valence-corrected chi connectivity index (χ3v) is 4.92. The van der Waals surface area contributed by atoms with Crippen molar-refractivity contribution in [2.75, 3.05) is 6.54 Å². The lowest BCUT2D eigenvalue weighted by atomic mass is 10.0. The van der Waals surface area contributed by atoms with Crippen molar-refractivity contribution in [1.82, 2.24) is 10.3 Å². The zero-order valence-corrected chi connectivity index (χ0v) is 12.5. The zero-order valence-electron chi connectivity index (χ0n) is 11.7. The Morgan fingerprint density at radius 1 is 1.35 bits per heavy atom. The summed E-state index contributed by atoms with van der Waals surface area (Å²) >= 11 is 1.79. The highest BCUT2D eigenvalue weighted by atomic mass is 32.1. The van der Waals surface area contributed by atoms with Gasteiger partial charge in [-0.2, -0.15) is 0 Å². The fourth-order valence-corrected chi connectivity index (χ4v) is 3.99. The number of nitrogens with one attached hydrogen (secondary N) is 1. The van der Waals surface area contributed by atoms with Crippen LogP contribution in [0.3, 0.4) is 0 Å². The van der Waals surface area contributed by atoms with Gasteiger partial charge in [-0.1, -0.05) is 19.1 Å². The van der Waals surface area contributed by atoms with Gasteiger partial charge in [0.05, 0.1) is 11.7 Å². The largest absolute Gasteiger partial charge is 0.305 e. The first-order chi connectivity index (χ1) is 9.78. The van der Waals surface area contributed by atoms with Crippen LogP contribution in [0.15, 0.2) is 24.3 Å². The molecule has 1 aliphatic carbocycles. The maximum atomic E-state index is 13.5. The van der Waals surface area contributed by atoms with E-state index in [0.29, 0.717) is 0 Å². The molecule has 2 aromatic rings. The van der Waals surface area contributed by atoms with Crippen LogP contribution in [-0.4, -0.2) is 11.5 Å². The number of hydrogen-bond acceptors (Lipinski definition) is 3. The minimum absolute atomic E-state index is 0.00583. The van der Waals surface area contributed by atoms with Gasteiger partial charge in [-0.3, -0.25) is 0 Å². The molecule has 1 atom stereocenters. The van der Waals surface area contributed by atoms with Gasteiger partial charge in [-0.25, -0.2) is 9.37 Å². The van der Waals surface area contributed by atoms with Crippen molar-refractivity contribution in [3.8, 4) is 0 Å². The normalized spacial score (nSPS) is 15.9. The molecule has 0 saturated heterocycles. The maximum Gasteiger partial charge on any atom is 0.123 e. The van der Waals surface area contributed by atoms with Gasteiger partial charge in [0.1, 0.15) is 10.8 Å². The highest BCUT2D eigenvalue weighted by Gasteiger charge is 2.21. The van der Waals surface area contributed by atoms with Crippen LogP contribution < -0.4 is 5.32 Å². The number of hydrogen-bond donors (Lipinski definition) is 1. The molecule has 0 radical (unpaired) electrons. The molecule has 0 aliphatic heterocycles. The Kier molecular flexibility index (Phi) is 4.13. The second kappa shape index (κ2) is 6.02. The molecule has 0 fully saturated rings. The number of nitrogens with zero attached hydrogens (tertiary/aromatic N) is 1. The maximum absolute atomic E-state index is 13.5. The molecule has 3 rings (SSSR count). The molecule has 1 unspecified atom stereocenters. The first-order valence-corrected chi connectivity index (χ1v) is 8.07. The molecule has 1 heterocycles. The second-order valence-electron chi connectivity index (χ2n) is 5.17. The number of benzene rings is 1. The van der Waals surface area contributed by atoms with E-state index in [-0.39, 0.29) is 11.9 Å². The Hall–Kier alpha value is -1.26. The number of aromatic nitrogens is 1. The lowest BCUT2D eigenvalue weighted by molar-refractivity contribution is 0.599. The summed E-state index contributed by atoms with van der Waals surface area (Å²) in [4.78, 5) is 6.23. The van der Waals surface area contributed by atoms with Gasteiger partial charge in [0, 0.05) is 4.88 Å². The summed E-state index contributed by atoms with van der Waals surface area (Å²) in [5.41, 5.74) is 2.22. The zero-order chi connectivity index (χ0) is 13.9. The van der Waals surface area contributed by atoms with E-state index in [9.17, 15) is 4.39 Å². The molecule has 1 aromatic heterocycles. The Morgan fingerprint density at radius 2 is 2.20 bits per heavy atom. The summed E-state index contributed by atoms with van der Waals surface area (Å²) in [7, 11) is 0. The molecule has 0 spiro atoms. The fourth-order valence-electron chi connectivity index (χ4n) is 2.73. The molecular weight excluding hydrogens is 271 g/mol. The topological polar surface area (TPSA) is 24.9 Å². The van der Waals surface area contributed by atoms with Crippen molar-refractivity contribution < 1.29 is 4.39 Å². The average molecular weight is 290 g/mol. The van der Waals surface area contributed by atoms with Gasteiger partial charge in [-0.05, 0) is 49.9 Å². The molecule has 1 aromatic carbocycles. The molecule has 0 bridgehead atoms. The third kappa shape index (κ3) is 2.76. The van der Waals surface area contributed by atoms with E-state index in [1.807, 2.05) is 6.07 Å². The highest BCUT2D eigenvalue weighted by molar-refractivity contribution is 7.11. The van der Waals surface area contributed by atoms with E-state index >= 15 is 0 Å². The van der Waals surface area contributed by atoms with Crippen molar-refractivity contribution in [1.29, 1.82) is 0 Å². The van der Waals surface area contributed by atoms with E-state index in [2.05, 4.69) is 12.2 Å². The van der Waals surface area contributed by atoms with Crippen LogP contribution in [0.4, 0.5) is 4.39 Å². The number of fused-ring (bicyclic) bond motifs is 1. The van der Waals surface area contributed by atoms with Gasteiger partial charge >= 0.3 is 0 Å². The van der Waals surface area contributed by atoms with Crippen LogP contribution in [0, 0.1) is 5.82 Å². The standard InChI is InChI=1S/C16H19FN2S/c1-2-18-15(11-6-5-7-12(17)10-11)16-19-13-8-3-4-9-14(13)20-16/h5-7,10,15,18H,2-4,8-9H2,1H3. The highest BCUT2D eigenvalue weighted by Crippen LogP contribution is 2.32. The first-order valence-electron chi connectivity index (χ1n) is 7.25. The molecule has 1 N–H and O–H groups in total. The van der Waals surface area contributed by atoms with Gasteiger partial charge in [0.2, 0.25) is 0 Å². The molecular formula is C16H19FN2S. The van der Waals surface area contributed by atoms with Crippen LogP contribution in [0.5, 0.6) is 0 Å². The second-order valence-corrected chi connectivity index (χ2v) is 6.29. The quantitative estimate of drug-likeness (QED) is 0.925. The molecule has 0 saturated carbocycles. The predicted molar refractivity (Wildman–Crippen MR) is 80.7 cm³/mol. The summed E-state index contributed by atoms with van der Waals surface area (Å²) in [6, 6.07) is 6.83. The van der Waals surface area contributed by atoms with Crippen molar-refractivity contribution in [2.24, 2.45) is 0 Å². The van der Waals surface area contributed by atoms with Crippen molar-refractivity contribution >= 4 is 11.3 Å². The Balaban J connectivity index is 1.95. The molecule has 20 heavy (non-hydrogen) atoms. The lowest BCUT2D eigenvalue weighted by Crippen LogP contribution is -2.22. The number of rotatable bonds is 4. The summed E-state index contributed by atoms with van der Waals surface area (Å²) < 4.78 is 13.5. The predicted octanol–water partition coefficient (Wildman–Crippen LogP) is 3.86. The van der Waals surface area contributed by atoms with Crippen LogP contribution in [0.1, 0.15) is 46.9 Å². The summed E-state index contributed by atoms with van der Waals surface area (Å²) in [5, 5.41) is 4.51. The number of thiazole rings is 1. The lowest BCUT2D eigenvalue weighted by Gasteiger charge is -2.15. The monoisotopic (exact) mass is 290 g/mol.